The highest BCUT2D eigenvalue weighted by Gasteiger charge is 2.18. The first-order valence-electron chi connectivity index (χ1n) is 5.99. The van der Waals surface area contributed by atoms with Crippen molar-refractivity contribution in [3.63, 3.8) is 0 Å². The molecule has 0 bridgehead atoms. The second kappa shape index (κ2) is 5.02. The second-order valence-electron chi connectivity index (χ2n) is 4.96. The van der Waals surface area contributed by atoms with E-state index >= 15 is 0 Å². The molecule has 0 atom stereocenters. The molecular weight excluding hydrogens is 248 g/mol. The van der Waals surface area contributed by atoms with Gasteiger partial charge in [-0.15, -0.1) is 0 Å². The van der Waals surface area contributed by atoms with Gasteiger partial charge in [-0.3, -0.25) is 0 Å². The maximum absolute atomic E-state index is 6.25. The van der Waals surface area contributed by atoms with Crippen molar-refractivity contribution < 1.29 is 4.52 Å². The van der Waals surface area contributed by atoms with Gasteiger partial charge in [0.05, 0.1) is 5.02 Å². The lowest BCUT2D eigenvalue weighted by Crippen LogP contribution is -1.99. The summed E-state index contributed by atoms with van der Waals surface area (Å²) < 4.78 is 5.34. The molecule has 2 N–H and O–H groups in total. The summed E-state index contributed by atoms with van der Waals surface area (Å²) >= 11 is 6.25. The van der Waals surface area contributed by atoms with Crippen LogP contribution in [-0.4, -0.2) is 5.16 Å². The SMILES string of the molecule is Cc1ccc(-c2onc(N)c2CC(C)C)c(Cl)c1. The van der Waals surface area contributed by atoms with Crippen LogP contribution in [0, 0.1) is 12.8 Å². The van der Waals surface area contributed by atoms with E-state index in [1.807, 2.05) is 25.1 Å². The number of halogens is 1. The van der Waals surface area contributed by atoms with E-state index in [1.165, 1.54) is 0 Å². The molecule has 0 amide bonds. The standard InChI is InChI=1S/C14H17ClN2O/c1-8(2)6-11-13(18-17-14(11)16)10-5-4-9(3)7-12(10)15/h4-5,7-8H,6H2,1-3H3,(H2,16,17). The highest BCUT2D eigenvalue weighted by Crippen LogP contribution is 2.34. The predicted molar refractivity (Wildman–Crippen MR) is 74.6 cm³/mol. The minimum atomic E-state index is 0.454. The molecule has 1 aromatic carbocycles. The number of nitrogens with two attached hydrogens (primary N) is 1. The highest BCUT2D eigenvalue weighted by atomic mass is 35.5. The minimum absolute atomic E-state index is 0.454. The number of hydrogen-bond donors (Lipinski definition) is 1. The van der Waals surface area contributed by atoms with Crippen LogP contribution < -0.4 is 5.73 Å². The van der Waals surface area contributed by atoms with E-state index in [1.54, 1.807) is 0 Å². The Balaban J connectivity index is 2.50. The molecule has 0 saturated carbocycles. The number of nitrogens with zero attached hydrogens (tertiary/aromatic N) is 1. The Labute approximate surface area is 112 Å². The Morgan fingerprint density at radius 3 is 2.72 bits per heavy atom. The summed E-state index contributed by atoms with van der Waals surface area (Å²) in [5.74, 6) is 1.62. The summed E-state index contributed by atoms with van der Waals surface area (Å²) in [7, 11) is 0. The van der Waals surface area contributed by atoms with Crippen LogP contribution >= 0.6 is 11.6 Å². The van der Waals surface area contributed by atoms with Crippen LogP contribution in [0.25, 0.3) is 11.3 Å². The first kappa shape index (κ1) is 13.0. The molecule has 0 radical (unpaired) electrons. The summed E-state index contributed by atoms with van der Waals surface area (Å²) in [5.41, 5.74) is 8.76. The van der Waals surface area contributed by atoms with Crippen molar-refractivity contribution in [1.82, 2.24) is 5.16 Å². The van der Waals surface area contributed by atoms with Crippen LogP contribution in [0.4, 0.5) is 5.82 Å². The van der Waals surface area contributed by atoms with Gasteiger partial charge < -0.3 is 10.3 Å². The molecule has 0 aliphatic rings. The molecule has 1 heterocycles. The zero-order valence-corrected chi connectivity index (χ0v) is 11.6. The molecule has 2 rings (SSSR count). The maximum Gasteiger partial charge on any atom is 0.173 e. The number of benzene rings is 1. The lowest BCUT2D eigenvalue weighted by atomic mass is 9.99. The van der Waals surface area contributed by atoms with E-state index in [9.17, 15) is 0 Å². The number of nitrogen functional groups attached to an aromatic ring is 1. The number of aryl methyl sites for hydroxylation is 1. The molecule has 0 saturated heterocycles. The van der Waals surface area contributed by atoms with Crippen LogP contribution in [0.2, 0.25) is 5.02 Å². The van der Waals surface area contributed by atoms with E-state index in [0.29, 0.717) is 22.5 Å². The molecule has 3 nitrogen and oxygen atoms in total. The molecular formula is C14H17ClN2O. The van der Waals surface area contributed by atoms with Gasteiger partial charge in [-0.1, -0.05) is 36.7 Å². The van der Waals surface area contributed by atoms with Crippen LogP contribution in [0.3, 0.4) is 0 Å². The maximum atomic E-state index is 6.25. The van der Waals surface area contributed by atoms with Gasteiger partial charge in [0.15, 0.2) is 11.6 Å². The predicted octanol–water partition coefficient (Wildman–Crippen LogP) is 4.08. The topological polar surface area (TPSA) is 52.0 Å². The van der Waals surface area contributed by atoms with Gasteiger partial charge in [0.25, 0.3) is 0 Å². The molecule has 2 aromatic rings. The minimum Gasteiger partial charge on any atom is -0.381 e. The molecule has 18 heavy (non-hydrogen) atoms. The number of rotatable bonds is 3. The van der Waals surface area contributed by atoms with E-state index in [4.69, 9.17) is 21.9 Å². The molecule has 0 unspecified atom stereocenters. The molecule has 1 aromatic heterocycles. The Morgan fingerprint density at radius 2 is 2.11 bits per heavy atom. The van der Waals surface area contributed by atoms with E-state index in [0.717, 1.165) is 23.1 Å². The van der Waals surface area contributed by atoms with Crippen LogP contribution in [0.1, 0.15) is 25.0 Å². The third kappa shape index (κ3) is 2.51. The fourth-order valence-electron chi connectivity index (χ4n) is 1.94. The first-order valence-corrected chi connectivity index (χ1v) is 6.37. The summed E-state index contributed by atoms with van der Waals surface area (Å²) in [4.78, 5) is 0. The Bertz CT molecular complexity index is 561. The smallest absolute Gasteiger partial charge is 0.173 e. The summed E-state index contributed by atoms with van der Waals surface area (Å²) in [6.45, 7) is 6.26. The third-order valence-corrected chi connectivity index (χ3v) is 3.11. The van der Waals surface area contributed by atoms with E-state index < -0.39 is 0 Å². The number of hydrogen-bond acceptors (Lipinski definition) is 3. The lowest BCUT2D eigenvalue weighted by molar-refractivity contribution is 0.434. The number of aromatic nitrogens is 1. The van der Waals surface area contributed by atoms with Gasteiger partial charge in [0.2, 0.25) is 0 Å². The van der Waals surface area contributed by atoms with Crippen molar-refractivity contribution in [2.75, 3.05) is 5.73 Å². The van der Waals surface area contributed by atoms with Crippen molar-refractivity contribution in [3.8, 4) is 11.3 Å². The monoisotopic (exact) mass is 264 g/mol. The van der Waals surface area contributed by atoms with Gasteiger partial charge in [0, 0.05) is 11.1 Å². The van der Waals surface area contributed by atoms with Crippen molar-refractivity contribution in [2.45, 2.75) is 27.2 Å². The van der Waals surface area contributed by atoms with Crippen molar-refractivity contribution in [3.05, 3.63) is 34.3 Å². The zero-order valence-electron chi connectivity index (χ0n) is 10.8. The molecule has 0 aliphatic carbocycles. The highest BCUT2D eigenvalue weighted by molar-refractivity contribution is 6.33. The molecule has 96 valence electrons. The zero-order chi connectivity index (χ0) is 13.3. The fourth-order valence-corrected chi connectivity index (χ4v) is 2.26. The third-order valence-electron chi connectivity index (χ3n) is 2.80. The van der Waals surface area contributed by atoms with Gasteiger partial charge in [-0.2, -0.15) is 0 Å². The van der Waals surface area contributed by atoms with Gasteiger partial charge in [0.1, 0.15) is 0 Å². The largest absolute Gasteiger partial charge is 0.381 e. The van der Waals surface area contributed by atoms with Crippen molar-refractivity contribution >= 4 is 17.4 Å². The van der Waals surface area contributed by atoms with Gasteiger partial charge in [-0.25, -0.2) is 0 Å². The van der Waals surface area contributed by atoms with Gasteiger partial charge >= 0.3 is 0 Å². The lowest BCUT2D eigenvalue weighted by Gasteiger charge is -2.07. The van der Waals surface area contributed by atoms with E-state index in [2.05, 4.69) is 19.0 Å². The quantitative estimate of drug-likeness (QED) is 0.909. The summed E-state index contributed by atoms with van der Waals surface area (Å²) in [6, 6.07) is 5.86. The van der Waals surface area contributed by atoms with Gasteiger partial charge in [-0.05, 0) is 37.0 Å². The summed E-state index contributed by atoms with van der Waals surface area (Å²) in [5, 5.41) is 4.52. The Kier molecular flexibility index (Phi) is 3.62. The van der Waals surface area contributed by atoms with Crippen LogP contribution in [0.15, 0.2) is 22.7 Å². The van der Waals surface area contributed by atoms with Crippen molar-refractivity contribution in [2.24, 2.45) is 5.92 Å². The fraction of sp³-hybridized carbons (Fsp3) is 0.357. The molecule has 0 aliphatic heterocycles. The Hall–Kier alpha value is -1.48. The first-order chi connectivity index (χ1) is 8.49. The second-order valence-corrected chi connectivity index (χ2v) is 5.36. The van der Waals surface area contributed by atoms with Crippen LogP contribution in [-0.2, 0) is 6.42 Å². The average Bonchev–Trinajstić information content (AvgIpc) is 2.60. The molecule has 0 spiro atoms. The molecule has 4 heteroatoms. The van der Waals surface area contributed by atoms with Crippen molar-refractivity contribution in [1.29, 1.82) is 0 Å². The average molecular weight is 265 g/mol. The molecule has 0 fully saturated rings. The normalized spacial score (nSPS) is 11.2. The van der Waals surface area contributed by atoms with Crippen LogP contribution in [0.5, 0.6) is 0 Å². The van der Waals surface area contributed by atoms with E-state index in [-0.39, 0.29) is 0 Å². The Morgan fingerprint density at radius 1 is 1.39 bits per heavy atom. The number of anilines is 1. The summed E-state index contributed by atoms with van der Waals surface area (Å²) in [6.07, 6.45) is 0.828.